The number of benzene rings is 1. The van der Waals surface area contributed by atoms with Gasteiger partial charge in [0.1, 0.15) is 5.75 Å². The molecule has 0 radical (unpaired) electrons. The first-order valence-corrected chi connectivity index (χ1v) is 8.19. The molecule has 1 fully saturated rings. The van der Waals surface area contributed by atoms with Gasteiger partial charge in [0, 0.05) is 26.3 Å². The van der Waals surface area contributed by atoms with E-state index in [1.54, 1.807) is 24.9 Å². The maximum Gasteiger partial charge on any atom is 0.255 e. The highest BCUT2D eigenvalue weighted by atomic mass is 16.5. The number of hydrogen-bond acceptors (Lipinski definition) is 5. The summed E-state index contributed by atoms with van der Waals surface area (Å²) in [7, 11) is 3.25. The lowest BCUT2D eigenvalue weighted by molar-refractivity contribution is 0.181. The van der Waals surface area contributed by atoms with Crippen LogP contribution in [0.5, 0.6) is 5.75 Å². The highest BCUT2D eigenvalue weighted by Gasteiger charge is 2.19. The molecular weight excluding hydrogens is 306 g/mol. The lowest BCUT2D eigenvalue weighted by Gasteiger charge is -2.22. The van der Waals surface area contributed by atoms with Crippen molar-refractivity contribution in [2.24, 2.45) is 0 Å². The van der Waals surface area contributed by atoms with E-state index in [1.807, 2.05) is 24.3 Å². The SMILES string of the molecule is COCc1cc(=O)n(Cc2cccc(OC)c2)c(N2CCCC2)n1. The maximum absolute atomic E-state index is 12.7. The number of rotatable bonds is 6. The van der Waals surface area contributed by atoms with Gasteiger partial charge in [0.05, 0.1) is 26.0 Å². The van der Waals surface area contributed by atoms with Crippen molar-refractivity contribution < 1.29 is 9.47 Å². The van der Waals surface area contributed by atoms with Crippen molar-refractivity contribution in [1.82, 2.24) is 9.55 Å². The third kappa shape index (κ3) is 3.59. The van der Waals surface area contributed by atoms with Gasteiger partial charge in [-0.05, 0) is 30.5 Å². The summed E-state index contributed by atoms with van der Waals surface area (Å²) in [5, 5.41) is 0. The number of aromatic nitrogens is 2. The van der Waals surface area contributed by atoms with Crippen molar-refractivity contribution in [1.29, 1.82) is 0 Å². The summed E-state index contributed by atoms with van der Waals surface area (Å²) in [4.78, 5) is 19.5. The number of ether oxygens (including phenoxy) is 2. The Hall–Kier alpha value is -2.34. The third-order valence-electron chi connectivity index (χ3n) is 4.20. The van der Waals surface area contributed by atoms with Gasteiger partial charge in [-0.15, -0.1) is 0 Å². The molecule has 0 unspecified atom stereocenters. The highest BCUT2D eigenvalue weighted by molar-refractivity contribution is 5.36. The average molecular weight is 329 g/mol. The molecule has 6 heteroatoms. The van der Waals surface area contributed by atoms with Crippen LogP contribution in [-0.2, 0) is 17.9 Å². The zero-order chi connectivity index (χ0) is 16.9. The summed E-state index contributed by atoms with van der Waals surface area (Å²) in [6, 6.07) is 9.33. The third-order valence-corrected chi connectivity index (χ3v) is 4.20. The standard InChI is InChI=1S/C18H23N3O3/c1-23-13-15-11-17(22)21(18(19-15)20-8-3-4-9-20)12-14-6-5-7-16(10-14)24-2/h5-7,10-11H,3-4,8-9,12-13H2,1-2H3. The van der Waals surface area contributed by atoms with Gasteiger partial charge in [0.25, 0.3) is 5.56 Å². The smallest absolute Gasteiger partial charge is 0.255 e. The molecule has 0 spiro atoms. The van der Waals surface area contributed by atoms with Gasteiger partial charge in [-0.25, -0.2) is 4.98 Å². The summed E-state index contributed by atoms with van der Waals surface area (Å²) in [6.07, 6.45) is 2.26. The first-order valence-electron chi connectivity index (χ1n) is 8.19. The number of anilines is 1. The Bertz CT molecular complexity index is 751. The molecule has 3 rings (SSSR count). The summed E-state index contributed by atoms with van der Waals surface area (Å²) >= 11 is 0. The first-order chi connectivity index (χ1) is 11.7. The van der Waals surface area contributed by atoms with Crippen LogP contribution in [0.15, 0.2) is 35.1 Å². The Morgan fingerprint density at radius 2 is 1.96 bits per heavy atom. The highest BCUT2D eigenvalue weighted by Crippen LogP contribution is 2.20. The van der Waals surface area contributed by atoms with Gasteiger partial charge >= 0.3 is 0 Å². The fraction of sp³-hybridized carbons (Fsp3) is 0.444. The van der Waals surface area contributed by atoms with Gasteiger partial charge < -0.3 is 14.4 Å². The summed E-state index contributed by atoms with van der Waals surface area (Å²) in [6.45, 7) is 2.68. The minimum absolute atomic E-state index is 0.0539. The van der Waals surface area contributed by atoms with E-state index in [4.69, 9.17) is 9.47 Å². The van der Waals surface area contributed by atoms with Gasteiger partial charge in [-0.3, -0.25) is 9.36 Å². The Balaban J connectivity index is 1.99. The van der Waals surface area contributed by atoms with Crippen molar-refractivity contribution in [2.45, 2.75) is 26.0 Å². The minimum Gasteiger partial charge on any atom is -0.497 e. The van der Waals surface area contributed by atoms with Gasteiger partial charge in [-0.2, -0.15) is 0 Å². The van der Waals surface area contributed by atoms with E-state index in [-0.39, 0.29) is 5.56 Å². The van der Waals surface area contributed by atoms with E-state index < -0.39 is 0 Å². The summed E-state index contributed by atoms with van der Waals surface area (Å²) in [5.74, 6) is 1.52. The molecule has 2 aromatic rings. The van der Waals surface area contributed by atoms with Crippen molar-refractivity contribution in [2.75, 3.05) is 32.2 Å². The topological polar surface area (TPSA) is 56.6 Å². The quantitative estimate of drug-likeness (QED) is 0.812. The van der Waals surface area contributed by atoms with Gasteiger partial charge in [-0.1, -0.05) is 12.1 Å². The van der Waals surface area contributed by atoms with Crippen LogP contribution >= 0.6 is 0 Å². The van der Waals surface area contributed by atoms with E-state index >= 15 is 0 Å². The number of nitrogens with zero attached hydrogens (tertiary/aromatic N) is 3. The summed E-state index contributed by atoms with van der Waals surface area (Å²) in [5.41, 5.74) is 1.63. The van der Waals surface area contributed by atoms with Crippen LogP contribution in [0.2, 0.25) is 0 Å². The van der Waals surface area contributed by atoms with Crippen molar-refractivity contribution in [3.05, 3.63) is 51.9 Å². The van der Waals surface area contributed by atoms with Crippen LogP contribution in [0.25, 0.3) is 0 Å². The molecular formula is C18H23N3O3. The Morgan fingerprint density at radius 3 is 2.67 bits per heavy atom. The van der Waals surface area contributed by atoms with E-state index in [1.165, 1.54) is 0 Å². The predicted octanol–water partition coefficient (Wildman–Crippen LogP) is 2.05. The normalized spacial score (nSPS) is 14.2. The molecule has 0 atom stereocenters. The molecule has 24 heavy (non-hydrogen) atoms. The molecule has 0 N–H and O–H groups in total. The Labute approximate surface area is 141 Å². The molecule has 1 aliphatic rings. The largest absolute Gasteiger partial charge is 0.497 e. The molecule has 0 bridgehead atoms. The Morgan fingerprint density at radius 1 is 1.17 bits per heavy atom. The van der Waals surface area contributed by atoms with Crippen LogP contribution < -0.4 is 15.2 Å². The first kappa shape index (κ1) is 16.5. The number of hydrogen-bond donors (Lipinski definition) is 0. The monoisotopic (exact) mass is 329 g/mol. The lowest BCUT2D eigenvalue weighted by atomic mass is 10.2. The number of methoxy groups -OCH3 is 2. The lowest BCUT2D eigenvalue weighted by Crippen LogP contribution is -2.32. The zero-order valence-corrected chi connectivity index (χ0v) is 14.2. The van der Waals surface area contributed by atoms with Crippen LogP contribution in [0.1, 0.15) is 24.1 Å². The predicted molar refractivity (Wildman–Crippen MR) is 92.8 cm³/mol. The average Bonchev–Trinajstić information content (AvgIpc) is 3.12. The zero-order valence-electron chi connectivity index (χ0n) is 14.2. The fourth-order valence-corrected chi connectivity index (χ4v) is 3.02. The van der Waals surface area contributed by atoms with Crippen LogP contribution in [0.4, 0.5) is 5.95 Å². The van der Waals surface area contributed by atoms with E-state index in [0.717, 1.165) is 43.2 Å². The molecule has 0 amide bonds. The second kappa shape index (κ2) is 7.49. The van der Waals surface area contributed by atoms with Crippen LogP contribution in [0, 0.1) is 0 Å². The van der Waals surface area contributed by atoms with Crippen molar-refractivity contribution in [3.63, 3.8) is 0 Å². The molecule has 1 aromatic carbocycles. The fourth-order valence-electron chi connectivity index (χ4n) is 3.02. The molecule has 2 heterocycles. The van der Waals surface area contributed by atoms with Crippen molar-refractivity contribution >= 4 is 5.95 Å². The van der Waals surface area contributed by atoms with Crippen LogP contribution in [-0.4, -0.2) is 36.9 Å². The Kier molecular flexibility index (Phi) is 5.15. The van der Waals surface area contributed by atoms with E-state index in [2.05, 4.69) is 9.88 Å². The minimum atomic E-state index is -0.0539. The second-order valence-corrected chi connectivity index (χ2v) is 5.95. The molecule has 6 nitrogen and oxygen atoms in total. The maximum atomic E-state index is 12.7. The molecule has 1 saturated heterocycles. The van der Waals surface area contributed by atoms with Crippen LogP contribution in [0.3, 0.4) is 0 Å². The second-order valence-electron chi connectivity index (χ2n) is 5.95. The molecule has 1 aromatic heterocycles. The van der Waals surface area contributed by atoms with Gasteiger partial charge in [0.2, 0.25) is 5.95 Å². The van der Waals surface area contributed by atoms with E-state index in [9.17, 15) is 4.79 Å². The molecule has 1 aliphatic heterocycles. The van der Waals surface area contributed by atoms with Crippen molar-refractivity contribution in [3.8, 4) is 5.75 Å². The molecule has 0 saturated carbocycles. The molecule has 0 aliphatic carbocycles. The molecule has 128 valence electrons. The van der Waals surface area contributed by atoms with E-state index in [0.29, 0.717) is 18.8 Å². The summed E-state index contributed by atoms with van der Waals surface area (Å²) < 4.78 is 12.2. The van der Waals surface area contributed by atoms with Gasteiger partial charge in [0.15, 0.2) is 0 Å².